The van der Waals surface area contributed by atoms with Gasteiger partial charge in [0.1, 0.15) is 11.5 Å². The zero-order chi connectivity index (χ0) is 20.4. The lowest BCUT2D eigenvalue weighted by Crippen LogP contribution is -2.13. The lowest BCUT2D eigenvalue weighted by molar-refractivity contribution is -0.136. The summed E-state index contributed by atoms with van der Waals surface area (Å²) in [5, 5.41) is 9.92. The predicted octanol–water partition coefficient (Wildman–Crippen LogP) is 5.06. The van der Waals surface area contributed by atoms with Crippen molar-refractivity contribution in [1.29, 1.82) is 0 Å². The Morgan fingerprint density at radius 2 is 1.59 bits per heavy atom. The Hall–Kier alpha value is -3.86. The van der Waals surface area contributed by atoms with Crippen molar-refractivity contribution in [3.63, 3.8) is 0 Å². The monoisotopic (exact) mass is 385 g/mol. The van der Waals surface area contributed by atoms with E-state index in [-0.39, 0.29) is 12.3 Å². The molecule has 1 heterocycles. The second-order valence-corrected chi connectivity index (χ2v) is 6.79. The van der Waals surface area contributed by atoms with Gasteiger partial charge in [-0.25, -0.2) is 0 Å². The summed E-state index contributed by atoms with van der Waals surface area (Å²) >= 11 is 0. The van der Waals surface area contributed by atoms with Crippen molar-refractivity contribution in [2.75, 3.05) is 0 Å². The van der Waals surface area contributed by atoms with Crippen molar-refractivity contribution in [3.05, 3.63) is 95.7 Å². The highest BCUT2D eigenvalue weighted by Gasteiger charge is 2.17. The number of carboxylic acids is 1. The highest BCUT2D eigenvalue weighted by Crippen LogP contribution is 2.26. The van der Waals surface area contributed by atoms with E-state index in [2.05, 4.69) is 0 Å². The lowest BCUT2D eigenvalue weighted by atomic mass is 10.1. The van der Waals surface area contributed by atoms with E-state index in [0.29, 0.717) is 22.4 Å². The lowest BCUT2D eigenvalue weighted by Gasteiger charge is -2.09. The van der Waals surface area contributed by atoms with Gasteiger partial charge in [0.05, 0.1) is 11.9 Å². The maximum Gasteiger partial charge on any atom is 0.307 e. The number of ether oxygens (including phenoxy) is 1. The first kappa shape index (κ1) is 18.5. The van der Waals surface area contributed by atoms with Gasteiger partial charge in [-0.1, -0.05) is 30.3 Å². The molecule has 5 heteroatoms. The maximum absolute atomic E-state index is 13.2. The van der Waals surface area contributed by atoms with Crippen LogP contribution in [0.25, 0.3) is 10.9 Å². The number of aryl methyl sites for hydroxylation is 1. The van der Waals surface area contributed by atoms with Gasteiger partial charge in [0.15, 0.2) is 0 Å². The van der Waals surface area contributed by atoms with E-state index in [1.165, 1.54) is 0 Å². The van der Waals surface area contributed by atoms with Crippen LogP contribution >= 0.6 is 0 Å². The van der Waals surface area contributed by atoms with E-state index < -0.39 is 5.97 Å². The smallest absolute Gasteiger partial charge is 0.307 e. The summed E-state index contributed by atoms with van der Waals surface area (Å²) in [6, 6.07) is 23.7. The topological polar surface area (TPSA) is 68.5 Å². The maximum atomic E-state index is 13.2. The van der Waals surface area contributed by atoms with Gasteiger partial charge < -0.3 is 9.84 Å². The van der Waals surface area contributed by atoms with E-state index >= 15 is 0 Å². The number of nitrogens with zero attached hydrogens (tertiary/aromatic N) is 1. The first-order valence-corrected chi connectivity index (χ1v) is 9.22. The normalized spacial score (nSPS) is 10.8. The second kappa shape index (κ2) is 7.64. The van der Waals surface area contributed by atoms with Crippen molar-refractivity contribution < 1.29 is 19.4 Å². The first-order valence-electron chi connectivity index (χ1n) is 9.22. The van der Waals surface area contributed by atoms with E-state index in [1.54, 1.807) is 41.0 Å². The molecule has 0 amide bonds. The molecule has 0 fully saturated rings. The Bertz CT molecular complexity index is 1190. The van der Waals surface area contributed by atoms with E-state index in [9.17, 15) is 9.59 Å². The van der Waals surface area contributed by atoms with Crippen LogP contribution in [-0.2, 0) is 11.2 Å². The summed E-state index contributed by atoms with van der Waals surface area (Å²) in [6.07, 6.45) is -0.0828. The molecule has 5 nitrogen and oxygen atoms in total. The highest BCUT2D eigenvalue weighted by molar-refractivity contribution is 6.04. The van der Waals surface area contributed by atoms with Gasteiger partial charge in [0.25, 0.3) is 5.91 Å². The molecule has 4 aromatic rings. The number of carboxylic acid groups (broad SMARTS) is 1. The molecule has 0 spiro atoms. The molecule has 4 rings (SSSR count). The molecular formula is C24H19NO4. The standard InChI is InChI=1S/C24H19NO4/c1-16-14-21-18(15-23(26)27)6-5-9-22(21)25(16)24(28)17-10-12-20(13-11-17)29-19-7-3-2-4-8-19/h2-14H,15H2,1H3,(H,26,27). The minimum Gasteiger partial charge on any atom is -0.481 e. The van der Waals surface area contributed by atoms with Crippen LogP contribution < -0.4 is 4.74 Å². The fraction of sp³-hybridized carbons (Fsp3) is 0.0833. The molecule has 0 aliphatic heterocycles. The quantitative estimate of drug-likeness (QED) is 0.521. The zero-order valence-corrected chi connectivity index (χ0v) is 15.8. The van der Waals surface area contributed by atoms with Crippen LogP contribution in [0.2, 0.25) is 0 Å². The fourth-order valence-electron chi connectivity index (χ4n) is 3.43. The summed E-state index contributed by atoms with van der Waals surface area (Å²) < 4.78 is 7.40. The number of carbonyl (C=O) groups is 2. The molecule has 0 atom stereocenters. The summed E-state index contributed by atoms with van der Waals surface area (Å²) in [6.45, 7) is 1.84. The SMILES string of the molecule is Cc1cc2c(CC(=O)O)cccc2n1C(=O)c1ccc(Oc2ccccc2)cc1. The number of carbonyl (C=O) groups excluding carboxylic acids is 1. The molecule has 144 valence electrons. The van der Waals surface area contributed by atoms with Gasteiger partial charge in [-0.3, -0.25) is 14.2 Å². The van der Waals surface area contributed by atoms with Crippen LogP contribution in [0.3, 0.4) is 0 Å². The molecule has 0 aliphatic carbocycles. The highest BCUT2D eigenvalue weighted by atomic mass is 16.5. The number of aromatic nitrogens is 1. The average molecular weight is 385 g/mol. The minimum atomic E-state index is -0.900. The second-order valence-electron chi connectivity index (χ2n) is 6.79. The van der Waals surface area contributed by atoms with Crippen molar-refractivity contribution >= 4 is 22.8 Å². The van der Waals surface area contributed by atoms with Gasteiger partial charge in [0, 0.05) is 16.6 Å². The molecule has 1 N–H and O–H groups in total. The predicted molar refractivity (Wildman–Crippen MR) is 111 cm³/mol. The summed E-state index contributed by atoms with van der Waals surface area (Å²) in [5.41, 5.74) is 2.68. The Kier molecular flexibility index (Phi) is 4.87. The molecule has 0 aliphatic rings. The van der Waals surface area contributed by atoms with Gasteiger partial charge in [-0.15, -0.1) is 0 Å². The van der Waals surface area contributed by atoms with Gasteiger partial charge >= 0.3 is 5.97 Å². The van der Waals surface area contributed by atoms with Crippen LogP contribution in [0.15, 0.2) is 78.9 Å². The number of aliphatic carboxylic acids is 1. The molecule has 0 unspecified atom stereocenters. The Labute approximate surface area is 167 Å². The fourth-order valence-corrected chi connectivity index (χ4v) is 3.43. The molecule has 1 aromatic heterocycles. The van der Waals surface area contributed by atoms with Crippen molar-refractivity contribution in [3.8, 4) is 11.5 Å². The van der Waals surface area contributed by atoms with E-state index in [4.69, 9.17) is 9.84 Å². The van der Waals surface area contributed by atoms with Crippen molar-refractivity contribution in [2.45, 2.75) is 13.3 Å². The Morgan fingerprint density at radius 3 is 2.28 bits per heavy atom. The summed E-state index contributed by atoms with van der Waals surface area (Å²) in [4.78, 5) is 24.3. The number of para-hydroxylation sites is 1. The molecule has 0 saturated heterocycles. The summed E-state index contributed by atoms with van der Waals surface area (Å²) in [5.74, 6) is 0.301. The Balaban J connectivity index is 1.65. The molecular weight excluding hydrogens is 366 g/mol. The molecule has 0 radical (unpaired) electrons. The van der Waals surface area contributed by atoms with Crippen molar-refractivity contribution in [1.82, 2.24) is 4.57 Å². The van der Waals surface area contributed by atoms with Gasteiger partial charge in [-0.2, -0.15) is 0 Å². The number of fused-ring (bicyclic) bond motifs is 1. The Morgan fingerprint density at radius 1 is 0.897 bits per heavy atom. The van der Waals surface area contributed by atoms with Crippen LogP contribution in [-0.4, -0.2) is 21.6 Å². The van der Waals surface area contributed by atoms with Crippen LogP contribution in [0.5, 0.6) is 11.5 Å². The third kappa shape index (κ3) is 3.75. The largest absolute Gasteiger partial charge is 0.481 e. The molecule has 0 saturated carbocycles. The summed E-state index contributed by atoms with van der Waals surface area (Å²) in [7, 11) is 0. The van der Waals surface area contributed by atoms with Crippen molar-refractivity contribution in [2.24, 2.45) is 0 Å². The number of hydrogen-bond donors (Lipinski definition) is 1. The van der Waals surface area contributed by atoms with E-state index in [1.807, 2.05) is 49.4 Å². The zero-order valence-electron chi connectivity index (χ0n) is 15.8. The number of rotatable bonds is 5. The number of benzene rings is 3. The van der Waals surface area contributed by atoms with E-state index in [0.717, 1.165) is 16.8 Å². The van der Waals surface area contributed by atoms with Gasteiger partial charge in [-0.05, 0) is 61.0 Å². The first-order chi connectivity index (χ1) is 14.0. The average Bonchev–Trinajstić information content (AvgIpc) is 3.05. The van der Waals surface area contributed by atoms with Crippen LogP contribution in [0.1, 0.15) is 21.6 Å². The van der Waals surface area contributed by atoms with Crippen LogP contribution in [0.4, 0.5) is 0 Å². The van der Waals surface area contributed by atoms with Crippen LogP contribution in [0, 0.1) is 6.92 Å². The third-order valence-electron chi connectivity index (χ3n) is 4.75. The minimum absolute atomic E-state index is 0.0828. The van der Waals surface area contributed by atoms with Gasteiger partial charge in [0.2, 0.25) is 0 Å². The molecule has 0 bridgehead atoms. The third-order valence-corrected chi connectivity index (χ3v) is 4.75. The molecule has 29 heavy (non-hydrogen) atoms. The molecule has 3 aromatic carbocycles. The number of hydrogen-bond acceptors (Lipinski definition) is 3.